The highest BCUT2D eigenvalue weighted by Gasteiger charge is 2.14. The molecule has 0 bridgehead atoms. The van der Waals surface area contributed by atoms with E-state index in [9.17, 15) is 4.79 Å². The highest BCUT2D eigenvalue weighted by Crippen LogP contribution is 2.10. The van der Waals surface area contributed by atoms with Crippen molar-refractivity contribution < 1.29 is 31.4 Å². The maximum atomic E-state index is 10.5. The topological polar surface area (TPSA) is 37.3 Å². The molecular formula is C16H34BrNO2. The molecule has 0 saturated carbocycles. The largest absolute Gasteiger partial charge is 1.00 e. The molecule has 0 amide bonds. The highest BCUT2D eigenvalue weighted by molar-refractivity contribution is 5.66. The van der Waals surface area contributed by atoms with E-state index in [1.54, 1.807) is 0 Å². The summed E-state index contributed by atoms with van der Waals surface area (Å²) in [5.41, 5.74) is 0. The van der Waals surface area contributed by atoms with E-state index in [2.05, 4.69) is 21.0 Å². The Balaban J connectivity index is 0. The standard InChI is InChI=1S/C16H33NO2.BrH/c1-4-5-6-7-8-9-10-11-14-17(2,3)15-12-13-16(18)19;/h4-15H2,1-3H3;1H. The Bertz CT molecular complexity index is 233. The van der Waals surface area contributed by atoms with E-state index >= 15 is 0 Å². The zero-order chi connectivity index (χ0) is 14.6. The summed E-state index contributed by atoms with van der Waals surface area (Å²) in [6.07, 6.45) is 11.9. The number of carboxylic acid groups (broad SMARTS) is 1. The van der Waals surface area contributed by atoms with Gasteiger partial charge in [0.25, 0.3) is 0 Å². The molecule has 0 rings (SSSR count). The van der Waals surface area contributed by atoms with Crippen LogP contribution in [0.3, 0.4) is 0 Å². The van der Waals surface area contributed by atoms with E-state index in [1.165, 1.54) is 57.9 Å². The second-order valence-electron chi connectivity index (χ2n) is 6.36. The van der Waals surface area contributed by atoms with Crippen LogP contribution in [0.2, 0.25) is 0 Å². The van der Waals surface area contributed by atoms with Gasteiger partial charge in [0.2, 0.25) is 0 Å². The Morgan fingerprint density at radius 2 is 1.30 bits per heavy atom. The van der Waals surface area contributed by atoms with Crippen LogP contribution >= 0.6 is 0 Å². The van der Waals surface area contributed by atoms with Crippen LogP contribution in [-0.4, -0.2) is 42.7 Å². The number of aliphatic carboxylic acids is 1. The molecule has 0 aliphatic rings. The predicted molar refractivity (Wildman–Crippen MR) is 81.3 cm³/mol. The lowest BCUT2D eigenvalue weighted by Crippen LogP contribution is -3.00. The number of carbonyl (C=O) groups is 1. The maximum Gasteiger partial charge on any atom is 0.303 e. The van der Waals surface area contributed by atoms with Crippen molar-refractivity contribution >= 4 is 5.97 Å². The molecule has 0 aromatic carbocycles. The van der Waals surface area contributed by atoms with Crippen LogP contribution in [0.15, 0.2) is 0 Å². The number of unbranched alkanes of at least 4 members (excludes halogenated alkanes) is 7. The van der Waals surface area contributed by atoms with Crippen LogP contribution in [0.25, 0.3) is 0 Å². The molecule has 0 radical (unpaired) electrons. The van der Waals surface area contributed by atoms with E-state index in [0.29, 0.717) is 6.42 Å². The summed E-state index contributed by atoms with van der Waals surface area (Å²) in [5, 5.41) is 8.64. The first kappa shape index (κ1) is 22.2. The minimum absolute atomic E-state index is 0. The number of halogens is 1. The molecule has 3 nitrogen and oxygen atoms in total. The van der Waals surface area contributed by atoms with Gasteiger partial charge in [0.15, 0.2) is 0 Å². The van der Waals surface area contributed by atoms with Crippen molar-refractivity contribution in [2.24, 2.45) is 0 Å². The number of rotatable bonds is 13. The fourth-order valence-electron chi connectivity index (χ4n) is 2.44. The van der Waals surface area contributed by atoms with Gasteiger partial charge in [-0.1, -0.05) is 45.4 Å². The maximum absolute atomic E-state index is 10.5. The van der Waals surface area contributed by atoms with Gasteiger partial charge in [-0.2, -0.15) is 0 Å². The van der Waals surface area contributed by atoms with Crippen LogP contribution in [0, 0.1) is 0 Å². The predicted octanol–water partition coefficient (Wildman–Crippen LogP) is 1.07. The van der Waals surface area contributed by atoms with Crippen molar-refractivity contribution in [3.8, 4) is 0 Å². The zero-order valence-electron chi connectivity index (χ0n) is 13.7. The molecular weight excluding hydrogens is 318 g/mol. The van der Waals surface area contributed by atoms with Gasteiger partial charge in [-0.15, -0.1) is 0 Å². The quantitative estimate of drug-likeness (QED) is 0.398. The average molecular weight is 352 g/mol. The van der Waals surface area contributed by atoms with Crippen molar-refractivity contribution in [2.45, 2.75) is 71.1 Å². The summed E-state index contributed by atoms with van der Waals surface area (Å²) in [6, 6.07) is 0. The van der Waals surface area contributed by atoms with Crippen molar-refractivity contribution in [1.29, 1.82) is 0 Å². The van der Waals surface area contributed by atoms with Gasteiger partial charge in [0.1, 0.15) is 0 Å². The van der Waals surface area contributed by atoms with Crippen LogP contribution in [-0.2, 0) is 4.79 Å². The third kappa shape index (κ3) is 16.0. The van der Waals surface area contributed by atoms with E-state index < -0.39 is 5.97 Å². The van der Waals surface area contributed by atoms with Gasteiger partial charge >= 0.3 is 5.97 Å². The SMILES string of the molecule is CCCCCCCCCC[N+](C)(C)CCCC(=O)O.[Br-]. The lowest BCUT2D eigenvalue weighted by atomic mass is 10.1. The normalized spacial score (nSPS) is 11.2. The second-order valence-corrected chi connectivity index (χ2v) is 6.36. The third-order valence-corrected chi connectivity index (χ3v) is 3.77. The van der Waals surface area contributed by atoms with Crippen LogP contribution in [0.5, 0.6) is 0 Å². The number of hydrogen-bond acceptors (Lipinski definition) is 1. The molecule has 0 aromatic rings. The summed E-state index contributed by atoms with van der Waals surface area (Å²) < 4.78 is 0.961. The Hall–Kier alpha value is -0.0900. The van der Waals surface area contributed by atoms with Crippen molar-refractivity contribution in [2.75, 3.05) is 27.2 Å². The second kappa shape index (κ2) is 13.9. The summed E-state index contributed by atoms with van der Waals surface area (Å²) in [5.74, 6) is -0.674. The Morgan fingerprint density at radius 3 is 1.80 bits per heavy atom. The highest BCUT2D eigenvalue weighted by atomic mass is 79.9. The number of carboxylic acids is 1. The first-order chi connectivity index (χ1) is 8.98. The molecule has 0 saturated heterocycles. The summed E-state index contributed by atoms with van der Waals surface area (Å²) in [7, 11) is 4.42. The Kier molecular flexibility index (Phi) is 15.4. The van der Waals surface area contributed by atoms with E-state index in [-0.39, 0.29) is 17.0 Å². The molecule has 0 heterocycles. The summed E-state index contributed by atoms with van der Waals surface area (Å²) in [4.78, 5) is 10.5. The number of hydrogen-bond donors (Lipinski definition) is 1. The van der Waals surface area contributed by atoms with Gasteiger partial charge in [0, 0.05) is 6.42 Å². The molecule has 0 unspecified atom stereocenters. The monoisotopic (exact) mass is 351 g/mol. The van der Waals surface area contributed by atoms with Crippen molar-refractivity contribution in [1.82, 2.24) is 0 Å². The Labute approximate surface area is 136 Å². The van der Waals surface area contributed by atoms with E-state index in [1.807, 2.05) is 0 Å². The smallest absolute Gasteiger partial charge is 0.303 e. The minimum atomic E-state index is -0.674. The summed E-state index contributed by atoms with van der Waals surface area (Å²) >= 11 is 0. The summed E-state index contributed by atoms with van der Waals surface area (Å²) in [6.45, 7) is 4.40. The molecule has 20 heavy (non-hydrogen) atoms. The fourth-order valence-corrected chi connectivity index (χ4v) is 2.44. The van der Waals surface area contributed by atoms with Gasteiger partial charge in [-0.05, 0) is 12.8 Å². The first-order valence-corrected chi connectivity index (χ1v) is 8.02. The molecule has 1 N–H and O–H groups in total. The van der Waals surface area contributed by atoms with Gasteiger partial charge < -0.3 is 26.6 Å². The molecule has 0 atom stereocenters. The fraction of sp³-hybridized carbons (Fsp3) is 0.938. The molecule has 0 fully saturated rings. The molecule has 122 valence electrons. The van der Waals surface area contributed by atoms with Crippen LogP contribution < -0.4 is 17.0 Å². The molecule has 0 aliphatic heterocycles. The first-order valence-electron chi connectivity index (χ1n) is 8.02. The average Bonchev–Trinajstić information content (AvgIpc) is 2.31. The molecule has 4 heteroatoms. The van der Waals surface area contributed by atoms with Crippen LogP contribution in [0.4, 0.5) is 0 Å². The number of quaternary nitrogens is 1. The molecule has 0 aliphatic carbocycles. The number of nitrogens with zero attached hydrogens (tertiary/aromatic N) is 1. The van der Waals surface area contributed by atoms with Gasteiger partial charge in [-0.25, -0.2) is 0 Å². The van der Waals surface area contributed by atoms with Gasteiger partial charge in [-0.3, -0.25) is 4.79 Å². The van der Waals surface area contributed by atoms with E-state index in [4.69, 9.17) is 5.11 Å². The third-order valence-electron chi connectivity index (χ3n) is 3.77. The lowest BCUT2D eigenvalue weighted by molar-refractivity contribution is -0.890. The van der Waals surface area contributed by atoms with Crippen molar-refractivity contribution in [3.05, 3.63) is 0 Å². The lowest BCUT2D eigenvalue weighted by Gasteiger charge is -2.29. The minimum Gasteiger partial charge on any atom is -1.00 e. The Morgan fingerprint density at radius 1 is 0.850 bits per heavy atom. The molecule has 0 aromatic heterocycles. The molecule has 0 spiro atoms. The van der Waals surface area contributed by atoms with E-state index in [0.717, 1.165) is 17.4 Å². The zero-order valence-corrected chi connectivity index (χ0v) is 15.3. The van der Waals surface area contributed by atoms with Gasteiger partial charge in [0.05, 0.1) is 33.6 Å². The van der Waals surface area contributed by atoms with Crippen molar-refractivity contribution in [3.63, 3.8) is 0 Å². The van der Waals surface area contributed by atoms with Crippen LogP contribution in [0.1, 0.15) is 71.1 Å².